The average molecular weight is 413 g/mol. The maximum Gasteiger partial charge on any atom is 0.272 e. The number of carbonyl (C=O) groups excluding carboxylic acids is 2. The molecule has 0 atom stereocenters. The van der Waals surface area contributed by atoms with Gasteiger partial charge in [0, 0.05) is 24.7 Å². The molecule has 0 spiro atoms. The zero-order valence-electron chi connectivity index (χ0n) is 15.7. The van der Waals surface area contributed by atoms with E-state index in [-0.39, 0.29) is 17.7 Å². The number of rotatable bonds is 5. The lowest BCUT2D eigenvalue weighted by Crippen LogP contribution is -2.38. The van der Waals surface area contributed by atoms with Crippen LogP contribution in [0.25, 0.3) is 0 Å². The van der Waals surface area contributed by atoms with Gasteiger partial charge in [-0.15, -0.1) is 0 Å². The molecule has 2 amide bonds. The molecule has 8 heteroatoms. The van der Waals surface area contributed by atoms with Crippen LogP contribution in [0.15, 0.2) is 53.1 Å². The third kappa shape index (κ3) is 4.35. The van der Waals surface area contributed by atoms with Crippen LogP contribution in [0.1, 0.15) is 51.1 Å². The zero-order valence-corrected chi connectivity index (χ0v) is 16.5. The fourth-order valence-electron chi connectivity index (χ4n) is 3.53. The van der Waals surface area contributed by atoms with Crippen LogP contribution in [0, 0.1) is 0 Å². The van der Waals surface area contributed by atoms with Gasteiger partial charge in [0.15, 0.2) is 0 Å². The van der Waals surface area contributed by atoms with Crippen molar-refractivity contribution in [3.05, 3.63) is 76.5 Å². The maximum atomic E-state index is 12.7. The molecule has 2 N–H and O–H groups in total. The Morgan fingerprint density at radius 3 is 2.72 bits per heavy atom. The minimum atomic E-state index is -0.254. The van der Waals surface area contributed by atoms with Crippen molar-refractivity contribution >= 4 is 23.4 Å². The molecule has 1 aliphatic rings. The number of halogens is 1. The second-order valence-corrected chi connectivity index (χ2v) is 7.42. The predicted molar refractivity (Wildman–Crippen MR) is 108 cm³/mol. The number of aromatic nitrogens is 2. The Kier molecular flexibility index (Phi) is 5.67. The molecule has 0 unspecified atom stereocenters. The number of piperidine rings is 1. The third-order valence-electron chi connectivity index (χ3n) is 5.16. The van der Waals surface area contributed by atoms with Crippen LogP contribution in [0.4, 0.5) is 0 Å². The Morgan fingerprint density at radius 2 is 2.00 bits per heavy atom. The summed E-state index contributed by atoms with van der Waals surface area (Å²) in [6.07, 6.45) is 3.16. The van der Waals surface area contributed by atoms with Gasteiger partial charge in [0.2, 0.25) is 0 Å². The summed E-state index contributed by atoms with van der Waals surface area (Å²) in [6, 6.07) is 12.5. The lowest BCUT2D eigenvalue weighted by Gasteiger charge is -2.31. The lowest BCUT2D eigenvalue weighted by molar-refractivity contribution is 0.0712. The van der Waals surface area contributed by atoms with Crippen LogP contribution < -0.4 is 5.32 Å². The fourth-order valence-corrected chi connectivity index (χ4v) is 3.75. The summed E-state index contributed by atoms with van der Waals surface area (Å²) >= 11 is 6.15. The van der Waals surface area contributed by atoms with Gasteiger partial charge in [0.25, 0.3) is 11.8 Å². The average Bonchev–Trinajstić information content (AvgIpc) is 3.44. The lowest BCUT2D eigenvalue weighted by atomic mass is 9.93. The van der Waals surface area contributed by atoms with Crippen LogP contribution >= 0.6 is 11.6 Å². The van der Waals surface area contributed by atoms with Crippen molar-refractivity contribution in [2.75, 3.05) is 13.1 Å². The standard InChI is InChI=1S/C21H21ClN4O3/c22-17-6-2-1-5-16(17)21(28)26-9-7-14(8-10-26)18-12-19(25-24-18)20(27)23-13-15-4-3-11-29-15/h1-6,11-12,14H,7-10,13H2,(H,23,27)(H,24,25). The van der Waals surface area contributed by atoms with Crippen molar-refractivity contribution in [2.24, 2.45) is 0 Å². The number of benzene rings is 1. The van der Waals surface area contributed by atoms with Crippen LogP contribution in [0.5, 0.6) is 0 Å². The van der Waals surface area contributed by atoms with Gasteiger partial charge in [-0.05, 0) is 43.2 Å². The highest BCUT2D eigenvalue weighted by atomic mass is 35.5. The summed E-state index contributed by atoms with van der Waals surface area (Å²) in [4.78, 5) is 26.8. The van der Waals surface area contributed by atoms with Crippen molar-refractivity contribution in [1.82, 2.24) is 20.4 Å². The first-order chi connectivity index (χ1) is 14.1. The van der Waals surface area contributed by atoms with E-state index in [0.29, 0.717) is 41.7 Å². The van der Waals surface area contributed by atoms with Crippen molar-refractivity contribution in [1.29, 1.82) is 0 Å². The van der Waals surface area contributed by atoms with Gasteiger partial charge in [0.1, 0.15) is 11.5 Å². The number of furan rings is 1. The third-order valence-corrected chi connectivity index (χ3v) is 5.49. The minimum absolute atomic E-state index is 0.0448. The van der Waals surface area contributed by atoms with Crippen LogP contribution in [-0.4, -0.2) is 40.0 Å². The number of aromatic amines is 1. The van der Waals surface area contributed by atoms with E-state index in [1.54, 1.807) is 36.6 Å². The van der Waals surface area contributed by atoms with E-state index in [4.69, 9.17) is 16.0 Å². The molecule has 0 saturated carbocycles. The molecular formula is C21H21ClN4O3. The van der Waals surface area contributed by atoms with E-state index >= 15 is 0 Å². The van der Waals surface area contributed by atoms with Crippen LogP contribution in [0.3, 0.4) is 0 Å². The summed E-state index contributed by atoms with van der Waals surface area (Å²) < 4.78 is 5.21. The van der Waals surface area contributed by atoms with Gasteiger partial charge >= 0.3 is 0 Å². The number of nitrogens with one attached hydrogen (secondary N) is 2. The first-order valence-corrected chi connectivity index (χ1v) is 9.89. The Labute approximate surface area is 173 Å². The molecule has 3 heterocycles. The van der Waals surface area contributed by atoms with E-state index in [1.807, 2.05) is 17.0 Å². The SMILES string of the molecule is O=C(NCc1ccco1)c1cc(C2CCN(C(=O)c3ccccc3Cl)CC2)[nH]n1. The number of nitrogens with zero attached hydrogens (tertiary/aromatic N) is 2. The summed E-state index contributed by atoms with van der Waals surface area (Å²) in [6.45, 7) is 1.58. The van der Waals surface area contributed by atoms with Gasteiger partial charge in [-0.25, -0.2) is 0 Å². The maximum absolute atomic E-state index is 12.7. The predicted octanol–water partition coefficient (Wildman–Crippen LogP) is 3.61. The molecule has 3 aromatic rings. The number of hydrogen-bond acceptors (Lipinski definition) is 4. The van der Waals surface area contributed by atoms with Crippen molar-refractivity contribution in [3.8, 4) is 0 Å². The van der Waals surface area contributed by atoms with Crippen molar-refractivity contribution in [2.45, 2.75) is 25.3 Å². The monoisotopic (exact) mass is 412 g/mol. The molecule has 1 saturated heterocycles. The Balaban J connectivity index is 1.33. The second kappa shape index (κ2) is 8.53. The van der Waals surface area contributed by atoms with Crippen LogP contribution in [-0.2, 0) is 6.54 Å². The molecule has 29 heavy (non-hydrogen) atoms. The normalized spacial score (nSPS) is 14.7. The molecule has 7 nitrogen and oxygen atoms in total. The van der Waals surface area contributed by atoms with Gasteiger partial charge in [-0.2, -0.15) is 5.10 Å². The molecule has 0 bridgehead atoms. The van der Waals surface area contributed by atoms with Gasteiger partial charge in [-0.3, -0.25) is 14.7 Å². The molecule has 1 aliphatic heterocycles. The molecule has 2 aromatic heterocycles. The molecule has 150 valence electrons. The molecule has 1 aromatic carbocycles. The van der Waals surface area contributed by atoms with E-state index < -0.39 is 0 Å². The highest BCUT2D eigenvalue weighted by Crippen LogP contribution is 2.28. The largest absolute Gasteiger partial charge is 0.467 e. The molecule has 0 aliphatic carbocycles. The Hall–Kier alpha value is -3.06. The zero-order chi connectivity index (χ0) is 20.2. The molecular weight excluding hydrogens is 392 g/mol. The van der Waals surface area contributed by atoms with E-state index in [1.165, 1.54) is 0 Å². The minimum Gasteiger partial charge on any atom is -0.467 e. The van der Waals surface area contributed by atoms with Crippen molar-refractivity contribution < 1.29 is 14.0 Å². The summed E-state index contributed by atoms with van der Waals surface area (Å²) in [7, 11) is 0. The second-order valence-electron chi connectivity index (χ2n) is 7.02. The summed E-state index contributed by atoms with van der Waals surface area (Å²) in [5.74, 6) is 0.612. The van der Waals surface area contributed by atoms with E-state index in [0.717, 1.165) is 18.5 Å². The quantitative estimate of drug-likeness (QED) is 0.669. The molecule has 1 fully saturated rings. The number of carbonyl (C=O) groups is 2. The first-order valence-electron chi connectivity index (χ1n) is 9.51. The van der Waals surface area contributed by atoms with Crippen LogP contribution in [0.2, 0.25) is 5.02 Å². The van der Waals surface area contributed by atoms with Gasteiger partial charge < -0.3 is 14.6 Å². The molecule has 4 rings (SSSR count). The molecule has 0 radical (unpaired) electrons. The highest BCUT2D eigenvalue weighted by molar-refractivity contribution is 6.33. The number of amides is 2. The Morgan fingerprint density at radius 1 is 1.21 bits per heavy atom. The Bertz CT molecular complexity index is 991. The van der Waals surface area contributed by atoms with Gasteiger partial charge in [-0.1, -0.05) is 23.7 Å². The summed E-state index contributed by atoms with van der Waals surface area (Å²) in [5, 5.41) is 10.4. The first kappa shape index (κ1) is 19.3. The van der Waals surface area contributed by atoms with E-state index in [2.05, 4.69) is 15.5 Å². The van der Waals surface area contributed by atoms with Crippen molar-refractivity contribution in [3.63, 3.8) is 0 Å². The number of H-pyrrole nitrogens is 1. The number of likely N-dealkylation sites (tertiary alicyclic amines) is 1. The topological polar surface area (TPSA) is 91.2 Å². The summed E-state index contributed by atoms with van der Waals surface area (Å²) in [5.41, 5.74) is 1.80. The van der Waals surface area contributed by atoms with E-state index in [9.17, 15) is 9.59 Å². The smallest absolute Gasteiger partial charge is 0.272 e. The number of hydrogen-bond donors (Lipinski definition) is 2. The van der Waals surface area contributed by atoms with Gasteiger partial charge in [0.05, 0.1) is 23.4 Å². The fraction of sp³-hybridized carbons (Fsp3) is 0.286. The highest BCUT2D eigenvalue weighted by Gasteiger charge is 2.27.